The molecule has 24 heavy (non-hydrogen) atoms. The van der Waals surface area contributed by atoms with Gasteiger partial charge in [-0.3, -0.25) is 0 Å². The lowest BCUT2D eigenvalue weighted by molar-refractivity contribution is 0.461. The van der Waals surface area contributed by atoms with Crippen molar-refractivity contribution in [3.05, 3.63) is 34.1 Å². The summed E-state index contributed by atoms with van der Waals surface area (Å²) >= 11 is 1.56. The molecule has 2 N–H and O–H groups in total. The molecule has 0 bridgehead atoms. The molecule has 6 heteroatoms. The molecule has 0 amide bonds. The Bertz CT molecular complexity index is 693. The van der Waals surface area contributed by atoms with Crippen LogP contribution in [0.15, 0.2) is 28.4 Å². The summed E-state index contributed by atoms with van der Waals surface area (Å²) in [5.74, 6) is 0.623. The molecule has 1 aromatic heterocycles. The average molecular weight is 346 g/mol. The highest BCUT2D eigenvalue weighted by Crippen LogP contribution is 2.32. The highest BCUT2D eigenvalue weighted by atomic mass is 32.2. The number of thioether (sulfide) groups is 1. The Kier molecular flexibility index (Phi) is 5.76. The van der Waals surface area contributed by atoms with Crippen LogP contribution in [0.4, 0.5) is 5.95 Å². The molecule has 1 aliphatic carbocycles. The van der Waals surface area contributed by atoms with Crippen LogP contribution >= 0.6 is 11.8 Å². The van der Waals surface area contributed by atoms with Gasteiger partial charge in [-0.15, -0.1) is 0 Å². The Morgan fingerprint density at radius 2 is 2.29 bits per heavy atom. The zero-order valence-corrected chi connectivity index (χ0v) is 14.8. The second-order valence-electron chi connectivity index (χ2n) is 6.20. The third kappa shape index (κ3) is 4.09. The van der Waals surface area contributed by atoms with Gasteiger partial charge >= 0.3 is 0 Å². The number of allylic oxidation sites excluding steroid dienone is 2. The van der Waals surface area contributed by atoms with Gasteiger partial charge < -0.3 is 10.6 Å². The van der Waals surface area contributed by atoms with Crippen molar-refractivity contribution in [3.8, 4) is 6.07 Å². The smallest absolute Gasteiger partial charge is 0.223 e. The third-order valence-electron chi connectivity index (χ3n) is 4.30. The van der Waals surface area contributed by atoms with Crippen LogP contribution in [0.2, 0.25) is 0 Å². The van der Waals surface area contributed by atoms with Crippen molar-refractivity contribution in [3.63, 3.8) is 0 Å². The second kappa shape index (κ2) is 8.20. The monoisotopic (exact) mass is 345 g/mol. The first-order chi connectivity index (χ1) is 11.8. The van der Waals surface area contributed by atoms with Gasteiger partial charge in [-0.1, -0.05) is 44.4 Å². The number of rotatable bonds is 5. The summed E-state index contributed by atoms with van der Waals surface area (Å²) in [4.78, 5) is 8.90. The van der Waals surface area contributed by atoms with Crippen LogP contribution in [0, 0.1) is 11.3 Å². The standard InChI is InChI=1S/C18H23N5S.2H2/c1-2-6-14-12-24-17(21-14)15(11-19)16-9-10-20-18(23-16)22-13-7-4-3-5-8-13;;/h9-10,12-13,21H,2-8H2,1H3,(H,20,22,23);2*1H/b17-15-;;. The molecule has 1 fully saturated rings. The predicted octanol–water partition coefficient (Wildman–Crippen LogP) is 4.88. The zero-order valence-electron chi connectivity index (χ0n) is 14.0. The lowest BCUT2D eigenvalue weighted by Crippen LogP contribution is -2.23. The summed E-state index contributed by atoms with van der Waals surface area (Å²) in [7, 11) is 0. The number of hydrogen-bond acceptors (Lipinski definition) is 6. The van der Waals surface area contributed by atoms with E-state index in [9.17, 15) is 5.26 Å². The van der Waals surface area contributed by atoms with E-state index in [-0.39, 0.29) is 2.85 Å². The second-order valence-corrected chi connectivity index (χ2v) is 7.08. The molecule has 2 heterocycles. The van der Waals surface area contributed by atoms with Crippen molar-refractivity contribution in [2.45, 2.75) is 57.9 Å². The van der Waals surface area contributed by atoms with Gasteiger partial charge in [0.25, 0.3) is 0 Å². The molecule has 0 aromatic carbocycles. The van der Waals surface area contributed by atoms with Gasteiger partial charge in [-0.25, -0.2) is 9.97 Å². The molecule has 5 nitrogen and oxygen atoms in total. The van der Waals surface area contributed by atoms with Gasteiger partial charge in [0.05, 0.1) is 10.7 Å². The van der Waals surface area contributed by atoms with E-state index in [1.165, 1.54) is 37.8 Å². The minimum absolute atomic E-state index is 0. The van der Waals surface area contributed by atoms with Crippen LogP contribution in [0.3, 0.4) is 0 Å². The molecule has 3 rings (SSSR count). The lowest BCUT2D eigenvalue weighted by atomic mass is 9.96. The van der Waals surface area contributed by atoms with Crippen LogP contribution < -0.4 is 10.6 Å². The fourth-order valence-electron chi connectivity index (χ4n) is 3.07. The van der Waals surface area contributed by atoms with Crippen LogP contribution in [0.5, 0.6) is 0 Å². The van der Waals surface area contributed by atoms with E-state index in [2.05, 4.69) is 39.0 Å². The van der Waals surface area contributed by atoms with Gasteiger partial charge in [0.1, 0.15) is 11.6 Å². The Balaban J connectivity index is 0.00000169. The molecule has 0 radical (unpaired) electrons. The number of anilines is 1. The first kappa shape index (κ1) is 16.8. The van der Waals surface area contributed by atoms with E-state index in [0.717, 1.165) is 17.9 Å². The summed E-state index contributed by atoms with van der Waals surface area (Å²) in [5.41, 5.74) is 2.42. The molecule has 2 aliphatic rings. The van der Waals surface area contributed by atoms with Crippen molar-refractivity contribution in [1.82, 2.24) is 15.3 Å². The molecule has 1 saturated carbocycles. The van der Waals surface area contributed by atoms with E-state index in [4.69, 9.17) is 0 Å². The minimum atomic E-state index is 0. The number of nitrogens with zero attached hydrogens (tertiary/aromatic N) is 3. The van der Waals surface area contributed by atoms with E-state index in [0.29, 0.717) is 23.3 Å². The van der Waals surface area contributed by atoms with Crippen molar-refractivity contribution < 1.29 is 2.85 Å². The van der Waals surface area contributed by atoms with Crippen LogP contribution in [-0.4, -0.2) is 16.0 Å². The molecule has 1 aromatic rings. The molecule has 0 atom stereocenters. The van der Waals surface area contributed by atoms with E-state index in [1.54, 1.807) is 24.0 Å². The van der Waals surface area contributed by atoms with Gasteiger partial charge in [0.15, 0.2) is 0 Å². The Hall–Kier alpha value is -2.00. The minimum Gasteiger partial charge on any atom is -0.352 e. The number of nitriles is 1. The largest absolute Gasteiger partial charge is 0.352 e. The third-order valence-corrected chi connectivity index (χ3v) is 5.25. The van der Waals surface area contributed by atoms with E-state index < -0.39 is 0 Å². The summed E-state index contributed by atoms with van der Waals surface area (Å²) in [6.45, 7) is 2.15. The number of hydrogen-bond donors (Lipinski definition) is 2. The number of nitrogens with one attached hydrogen (secondary N) is 2. The molecule has 0 spiro atoms. The van der Waals surface area contributed by atoms with Gasteiger partial charge in [0.2, 0.25) is 5.95 Å². The van der Waals surface area contributed by atoms with Gasteiger partial charge in [0, 0.05) is 20.8 Å². The van der Waals surface area contributed by atoms with Crippen LogP contribution in [-0.2, 0) is 0 Å². The maximum absolute atomic E-state index is 9.60. The van der Waals surface area contributed by atoms with Gasteiger partial charge in [-0.2, -0.15) is 5.26 Å². The Labute approximate surface area is 150 Å². The molecular formula is C18H27N5S. The van der Waals surface area contributed by atoms with Crippen LogP contribution in [0.1, 0.15) is 60.4 Å². The maximum Gasteiger partial charge on any atom is 0.223 e. The van der Waals surface area contributed by atoms with Crippen molar-refractivity contribution in [2.24, 2.45) is 0 Å². The molecule has 130 valence electrons. The van der Waals surface area contributed by atoms with E-state index in [1.807, 2.05) is 0 Å². The summed E-state index contributed by atoms with van der Waals surface area (Å²) in [6.07, 6.45) is 9.98. The maximum atomic E-state index is 9.60. The SMILES string of the molecule is CCCC1=CS/C(=C(/C#N)c2ccnc(NC3CCCCC3)n2)N1.[HH].[HH]. The summed E-state index contributed by atoms with van der Waals surface area (Å²) in [5, 5.41) is 19.3. The molecule has 0 saturated heterocycles. The quantitative estimate of drug-likeness (QED) is 0.741. The average Bonchev–Trinajstić information content (AvgIpc) is 3.06. The van der Waals surface area contributed by atoms with Crippen molar-refractivity contribution in [1.29, 1.82) is 5.26 Å². The first-order valence-corrected chi connectivity index (χ1v) is 9.55. The topological polar surface area (TPSA) is 73.6 Å². The summed E-state index contributed by atoms with van der Waals surface area (Å²) in [6, 6.07) is 4.55. The fourth-order valence-corrected chi connectivity index (χ4v) is 3.96. The van der Waals surface area contributed by atoms with Crippen molar-refractivity contribution in [2.75, 3.05) is 5.32 Å². The summed E-state index contributed by atoms with van der Waals surface area (Å²) < 4.78 is 0. The fraction of sp³-hybridized carbons (Fsp3) is 0.500. The highest BCUT2D eigenvalue weighted by Gasteiger charge is 2.18. The van der Waals surface area contributed by atoms with E-state index >= 15 is 0 Å². The molecule has 1 aliphatic heterocycles. The van der Waals surface area contributed by atoms with Crippen molar-refractivity contribution >= 4 is 23.3 Å². The predicted molar refractivity (Wildman–Crippen MR) is 103 cm³/mol. The molecule has 0 unspecified atom stereocenters. The highest BCUT2D eigenvalue weighted by molar-refractivity contribution is 8.06. The van der Waals surface area contributed by atoms with Gasteiger partial charge in [-0.05, 0) is 30.7 Å². The zero-order chi connectivity index (χ0) is 16.8. The first-order valence-electron chi connectivity index (χ1n) is 8.67. The normalized spacial score (nSPS) is 20.1. The molecular weight excluding hydrogens is 318 g/mol. The number of aromatic nitrogens is 2. The lowest BCUT2D eigenvalue weighted by Gasteiger charge is -2.22. The Morgan fingerprint density at radius 1 is 1.46 bits per heavy atom. The van der Waals surface area contributed by atoms with Crippen LogP contribution in [0.25, 0.3) is 5.57 Å². The Morgan fingerprint density at radius 3 is 3.04 bits per heavy atom.